The molecule has 1 fully saturated rings. The summed E-state index contributed by atoms with van der Waals surface area (Å²) < 4.78 is 6.20. The summed E-state index contributed by atoms with van der Waals surface area (Å²) in [5.41, 5.74) is 2.27. The lowest BCUT2D eigenvalue weighted by Gasteiger charge is -2.48. The van der Waals surface area contributed by atoms with Crippen molar-refractivity contribution in [2.45, 2.75) is 32.2 Å². The quantitative estimate of drug-likeness (QED) is 0.865. The van der Waals surface area contributed by atoms with Crippen LogP contribution < -0.4 is 0 Å². The Kier molecular flexibility index (Phi) is 2.69. The fourth-order valence-electron chi connectivity index (χ4n) is 4.13. The van der Waals surface area contributed by atoms with Crippen LogP contribution in [0.5, 0.6) is 0 Å². The second-order valence-electron chi connectivity index (χ2n) is 6.55. The molecule has 1 aromatic carbocycles. The smallest absolute Gasteiger partial charge is 0.134 e. The van der Waals surface area contributed by atoms with Gasteiger partial charge in [-0.05, 0) is 31.9 Å². The van der Waals surface area contributed by atoms with Crippen molar-refractivity contribution in [3.63, 3.8) is 0 Å². The topological polar surface area (TPSA) is 36.6 Å². The molecule has 20 heavy (non-hydrogen) atoms. The molecule has 0 aliphatic carbocycles. The fourth-order valence-corrected chi connectivity index (χ4v) is 4.13. The number of hydrogen-bond donors (Lipinski definition) is 1. The predicted molar refractivity (Wildman–Crippen MR) is 78.7 cm³/mol. The first-order valence-corrected chi connectivity index (χ1v) is 7.58. The minimum absolute atomic E-state index is 0.0820. The molecule has 2 aromatic rings. The predicted octanol–water partition coefficient (Wildman–Crippen LogP) is 3.12. The van der Waals surface area contributed by atoms with Gasteiger partial charge in [-0.2, -0.15) is 0 Å². The van der Waals surface area contributed by atoms with E-state index in [1.165, 1.54) is 17.4 Å². The van der Waals surface area contributed by atoms with Gasteiger partial charge in [0.15, 0.2) is 0 Å². The fraction of sp³-hybridized carbons (Fsp3) is 0.529. The van der Waals surface area contributed by atoms with Gasteiger partial charge in [0.25, 0.3) is 0 Å². The lowest BCUT2D eigenvalue weighted by atomic mass is 9.72. The third-order valence-electron chi connectivity index (χ3n) is 5.21. The van der Waals surface area contributed by atoms with Crippen LogP contribution in [0.1, 0.15) is 37.1 Å². The highest BCUT2D eigenvalue weighted by molar-refractivity contribution is 5.82. The molecule has 2 aliphatic heterocycles. The van der Waals surface area contributed by atoms with Crippen LogP contribution in [0.2, 0.25) is 0 Å². The van der Waals surface area contributed by atoms with Gasteiger partial charge in [-0.25, -0.2) is 0 Å². The Balaban J connectivity index is 1.91. The second kappa shape index (κ2) is 4.34. The third-order valence-corrected chi connectivity index (χ3v) is 5.21. The molecular formula is C17H21NO2. The highest BCUT2D eigenvalue weighted by Gasteiger charge is 2.46. The first kappa shape index (κ1) is 12.4. The van der Waals surface area contributed by atoms with Crippen molar-refractivity contribution in [2.24, 2.45) is 5.41 Å². The molecule has 3 nitrogen and oxygen atoms in total. The summed E-state index contributed by atoms with van der Waals surface area (Å²) >= 11 is 0. The van der Waals surface area contributed by atoms with Crippen molar-refractivity contribution in [1.82, 2.24) is 4.90 Å². The Labute approximate surface area is 119 Å². The minimum atomic E-state index is -0.0820. The minimum Gasteiger partial charge on any atom is -0.459 e. The molecule has 1 saturated heterocycles. The van der Waals surface area contributed by atoms with Crippen molar-refractivity contribution >= 4 is 11.0 Å². The summed E-state index contributed by atoms with van der Waals surface area (Å²) in [5, 5.41) is 11.2. The third kappa shape index (κ3) is 1.60. The van der Waals surface area contributed by atoms with E-state index in [1.807, 2.05) is 6.07 Å². The lowest BCUT2D eigenvalue weighted by Crippen LogP contribution is -2.49. The number of aliphatic hydroxyl groups excluding tert-OH is 1. The molecule has 2 aliphatic rings. The van der Waals surface area contributed by atoms with E-state index in [9.17, 15) is 5.11 Å². The van der Waals surface area contributed by atoms with E-state index in [0.29, 0.717) is 0 Å². The number of nitrogens with zero attached hydrogens (tertiary/aromatic N) is 1. The second-order valence-corrected chi connectivity index (χ2v) is 6.55. The molecule has 0 spiro atoms. The Morgan fingerprint density at radius 1 is 1.35 bits per heavy atom. The van der Waals surface area contributed by atoms with Crippen molar-refractivity contribution in [3.05, 3.63) is 35.6 Å². The highest BCUT2D eigenvalue weighted by atomic mass is 16.3. The molecule has 3 heterocycles. The molecule has 0 saturated carbocycles. The Hall–Kier alpha value is -1.32. The number of fused-ring (bicyclic) bond motifs is 5. The van der Waals surface area contributed by atoms with E-state index in [0.717, 1.165) is 37.3 Å². The van der Waals surface area contributed by atoms with Gasteiger partial charge < -0.3 is 9.52 Å². The van der Waals surface area contributed by atoms with Crippen LogP contribution >= 0.6 is 0 Å². The Morgan fingerprint density at radius 3 is 3.05 bits per heavy atom. The lowest BCUT2D eigenvalue weighted by molar-refractivity contribution is -0.0309. The molecule has 1 N–H and O–H groups in total. The normalized spacial score (nSPS) is 30.2. The van der Waals surface area contributed by atoms with Crippen LogP contribution in [0.25, 0.3) is 11.0 Å². The van der Waals surface area contributed by atoms with Gasteiger partial charge in [0.2, 0.25) is 0 Å². The van der Waals surface area contributed by atoms with E-state index >= 15 is 0 Å². The van der Waals surface area contributed by atoms with Crippen LogP contribution in [-0.4, -0.2) is 29.7 Å². The molecule has 106 valence electrons. The van der Waals surface area contributed by atoms with E-state index in [1.54, 1.807) is 0 Å². The summed E-state index contributed by atoms with van der Waals surface area (Å²) in [5.74, 6) is 1.11. The maximum atomic E-state index is 9.92. The number of rotatable bonds is 1. The van der Waals surface area contributed by atoms with E-state index in [-0.39, 0.29) is 18.1 Å². The average molecular weight is 271 g/mol. The van der Waals surface area contributed by atoms with E-state index in [4.69, 9.17) is 4.42 Å². The first-order chi connectivity index (χ1) is 9.73. The number of furan rings is 1. The first-order valence-electron chi connectivity index (χ1n) is 7.58. The van der Waals surface area contributed by atoms with Gasteiger partial charge in [-0.1, -0.05) is 25.1 Å². The number of aliphatic hydroxyl groups is 1. The molecule has 0 amide bonds. The number of hydrogen-bond acceptors (Lipinski definition) is 3. The summed E-state index contributed by atoms with van der Waals surface area (Å²) in [6, 6.07) is 8.55. The number of piperidine rings is 1. The van der Waals surface area contributed by atoms with Crippen LogP contribution in [0.4, 0.5) is 0 Å². The number of para-hydroxylation sites is 1. The van der Waals surface area contributed by atoms with Gasteiger partial charge in [-0.3, -0.25) is 4.90 Å². The summed E-state index contributed by atoms with van der Waals surface area (Å²) in [6.45, 7) is 4.63. The highest BCUT2D eigenvalue weighted by Crippen LogP contribution is 2.50. The van der Waals surface area contributed by atoms with Crippen molar-refractivity contribution in [2.75, 3.05) is 19.7 Å². The monoisotopic (exact) mass is 271 g/mol. The van der Waals surface area contributed by atoms with Crippen molar-refractivity contribution in [1.29, 1.82) is 0 Å². The van der Waals surface area contributed by atoms with Crippen LogP contribution in [-0.2, 0) is 6.42 Å². The Morgan fingerprint density at radius 2 is 2.20 bits per heavy atom. The number of benzene rings is 1. The van der Waals surface area contributed by atoms with Crippen LogP contribution in [0, 0.1) is 5.41 Å². The zero-order valence-corrected chi connectivity index (χ0v) is 11.9. The molecule has 0 radical (unpaired) electrons. The largest absolute Gasteiger partial charge is 0.459 e. The maximum Gasteiger partial charge on any atom is 0.134 e. The van der Waals surface area contributed by atoms with Crippen LogP contribution in [0.3, 0.4) is 0 Å². The van der Waals surface area contributed by atoms with Crippen molar-refractivity contribution < 1.29 is 9.52 Å². The van der Waals surface area contributed by atoms with Gasteiger partial charge in [-0.15, -0.1) is 0 Å². The molecule has 4 rings (SSSR count). The Bertz CT molecular complexity index is 647. The standard InChI is InChI=1S/C17H21NO2/c1-17(11-19)8-4-9-18-10-7-13-12-5-2-3-6-14(12)20-15(13)16(17)18/h2-3,5-6,16,19H,4,7-11H2,1H3/t16-,17+/m1/s1. The van der Waals surface area contributed by atoms with Gasteiger partial charge in [0.1, 0.15) is 11.3 Å². The molecule has 0 bridgehead atoms. The summed E-state index contributed by atoms with van der Waals surface area (Å²) in [7, 11) is 0. The summed E-state index contributed by atoms with van der Waals surface area (Å²) in [4.78, 5) is 2.50. The maximum absolute atomic E-state index is 9.92. The van der Waals surface area contributed by atoms with Gasteiger partial charge in [0, 0.05) is 22.9 Å². The van der Waals surface area contributed by atoms with Crippen LogP contribution in [0.15, 0.2) is 28.7 Å². The molecule has 3 heteroatoms. The summed E-state index contributed by atoms with van der Waals surface area (Å²) in [6.07, 6.45) is 3.30. The molecular weight excluding hydrogens is 250 g/mol. The van der Waals surface area contributed by atoms with Crippen molar-refractivity contribution in [3.8, 4) is 0 Å². The molecule has 1 aromatic heterocycles. The zero-order chi connectivity index (χ0) is 13.7. The van der Waals surface area contributed by atoms with E-state index in [2.05, 4.69) is 30.0 Å². The average Bonchev–Trinajstić information content (AvgIpc) is 2.85. The van der Waals surface area contributed by atoms with Gasteiger partial charge >= 0.3 is 0 Å². The zero-order valence-electron chi connectivity index (χ0n) is 11.9. The van der Waals surface area contributed by atoms with Gasteiger partial charge in [0.05, 0.1) is 12.6 Å². The molecule has 2 atom stereocenters. The van der Waals surface area contributed by atoms with E-state index < -0.39 is 0 Å². The molecule has 0 unspecified atom stereocenters. The SMILES string of the molecule is C[C@@]1(CO)CCCN2CCc3c(oc4ccccc34)[C@@H]21.